The van der Waals surface area contributed by atoms with E-state index >= 15 is 0 Å². The average Bonchev–Trinajstić information content (AvgIpc) is 2.76. The van der Waals surface area contributed by atoms with E-state index in [-0.39, 0.29) is 17.9 Å². The quantitative estimate of drug-likeness (QED) is 0.672. The van der Waals surface area contributed by atoms with Crippen molar-refractivity contribution in [3.05, 3.63) is 16.6 Å². The fourth-order valence-corrected chi connectivity index (χ4v) is 3.28. The van der Waals surface area contributed by atoms with E-state index in [1.807, 2.05) is 5.38 Å². The zero-order valence-electron chi connectivity index (χ0n) is 9.17. The molecule has 96 valence electrons. The lowest BCUT2D eigenvalue weighted by molar-refractivity contribution is -0.138. The van der Waals surface area contributed by atoms with E-state index in [0.717, 1.165) is 5.01 Å². The Kier molecular flexibility index (Phi) is 5.03. The van der Waals surface area contributed by atoms with E-state index in [1.165, 1.54) is 11.3 Å². The number of aryl methyl sites for hydroxylation is 1. The van der Waals surface area contributed by atoms with Gasteiger partial charge in [-0.15, -0.1) is 11.3 Å². The minimum atomic E-state index is -2.76. The molecule has 0 radical (unpaired) electrons. The Labute approximate surface area is 104 Å². The number of carboxylic acids is 1. The minimum absolute atomic E-state index is 0.0197. The number of rotatable bonds is 7. The smallest absolute Gasteiger partial charge is 0.320 e. The van der Waals surface area contributed by atoms with Crippen molar-refractivity contribution in [3.8, 4) is 0 Å². The summed E-state index contributed by atoms with van der Waals surface area (Å²) in [7, 11) is -2.76. The molecule has 1 unspecified atom stereocenters. The summed E-state index contributed by atoms with van der Waals surface area (Å²) in [5.41, 5.74) is 5.30. The Bertz CT molecular complexity index is 456. The summed E-state index contributed by atoms with van der Waals surface area (Å²) >= 11 is 1.45. The molecule has 6 nitrogen and oxygen atoms in total. The van der Waals surface area contributed by atoms with E-state index in [0.29, 0.717) is 6.42 Å². The molecule has 0 saturated heterocycles. The summed E-state index contributed by atoms with van der Waals surface area (Å²) in [6.45, 7) is 0. The van der Waals surface area contributed by atoms with Crippen LogP contribution in [-0.4, -0.2) is 37.8 Å². The first-order chi connectivity index (χ1) is 7.91. The topological polar surface area (TPSA) is 117 Å². The van der Waals surface area contributed by atoms with Crippen molar-refractivity contribution in [1.29, 1.82) is 4.78 Å². The fraction of sp³-hybridized carbons (Fsp3) is 0.556. The SMILES string of the molecule is N=S(=O)(CCc1nccs1)CC[C@H](N)C(=O)O. The molecule has 0 aromatic carbocycles. The maximum Gasteiger partial charge on any atom is 0.320 e. The van der Waals surface area contributed by atoms with E-state index < -0.39 is 21.7 Å². The van der Waals surface area contributed by atoms with Crippen LogP contribution in [0.2, 0.25) is 0 Å². The first-order valence-corrected chi connectivity index (χ1v) is 7.79. The number of carboxylic acid groups (broad SMARTS) is 1. The monoisotopic (exact) mass is 277 g/mol. The molecule has 2 atom stereocenters. The Balaban J connectivity index is 2.39. The third kappa shape index (κ3) is 5.24. The standard InChI is InChI=1S/C9H15N3O3S2/c10-7(9(13)14)1-5-17(11,15)6-2-8-12-3-4-16-8/h3-4,7,11H,1-2,5-6,10H2,(H,13,14)/t7-,17?/m0/s1. The van der Waals surface area contributed by atoms with Gasteiger partial charge in [-0.05, 0) is 6.42 Å². The van der Waals surface area contributed by atoms with Gasteiger partial charge in [0.15, 0.2) is 0 Å². The lowest BCUT2D eigenvalue weighted by Crippen LogP contribution is -2.32. The van der Waals surface area contributed by atoms with Crippen molar-refractivity contribution in [3.63, 3.8) is 0 Å². The summed E-state index contributed by atoms with van der Waals surface area (Å²) in [6.07, 6.45) is 2.21. The third-order valence-corrected chi connectivity index (χ3v) is 4.80. The van der Waals surface area contributed by atoms with Gasteiger partial charge in [0.05, 0.1) is 5.01 Å². The van der Waals surface area contributed by atoms with Crippen LogP contribution in [0.3, 0.4) is 0 Å². The number of nitrogens with one attached hydrogen (secondary N) is 1. The van der Waals surface area contributed by atoms with Gasteiger partial charge in [-0.25, -0.2) is 9.19 Å². The van der Waals surface area contributed by atoms with Crippen LogP contribution in [-0.2, 0) is 20.9 Å². The van der Waals surface area contributed by atoms with Crippen LogP contribution in [0.1, 0.15) is 11.4 Å². The largest absolute Gasteiger partial charge is 0.480 e. The molecular weight excluding hydrogens is 262 g/mol. The number of aliphatic carboxylic acids is 1. The highest BCUT2D eigenvalue weighted by Crippen LogP contribution is 2.08. The zero-order valence-corrected chi connectivity index (χ0v) is 10.8. The number of nitrogens with zero attached hydrogens (tertiary/aromatic N) is 1. The normalized spacial score (nSPS) is 16.3. The van der Waals surface area contributed by atoms with Crippen LogP contribution < -0.4 is 5.73 Å². The lowest BCUT2D eigenvalue weighted by atomic mass is 10.2. The van der Waals surface area contributed by atoms with Gasteiger partial charge in [0.1, 0.15) is 6.04 Å². The Morgan fingerprint density at radius 3 is 2.88 bits per heavy atom. The molecule has 1 aromatic rings. The van der Waals surface area contributed by atoms with Gasteiger partial charge in [0, 0.05) is 39.2 Å². The number of hydrogen-bond acceptors (Lipinski definition) is 6. The van der Waals surface area contributed by atoms with Gasteiger partial charge < -0.3 is 10.8 Å². The highest BCUT2D eigenvalue weighted by atomic mass is 32.2. The van der Waals surface area contributed by atoms with Crippen LogP contribution in [0.25, 0.3) is 0 Å². The molecule has 0 bridgehead atoms. The van der Waals surface area contributed by atoms with Gasteiger partial charge in [0.25, 0.3) is 0 Å². The molecule has 0 aliphatic heterocycles. The zero-order chi connectivity index (χ0) is 12.9. The van der Waals surface area contributed by atoms with Crippen molar-refractivity contribution >= 4 is 27.0 Å². The van der Waals surface area contributed by atoms with Gasteiger partial charge in [-0.3, -0.25) is 9.57 Å². The van der Waals surface area contributed by atoms with Gasteiger partial charge in [0.2, 0.25) is 0 Å². The maximum absolute atomic E-state index is 11.8. The van der Waals surface area contributed by atoms with Crippen LogP contribution in [0, 0.1) is 4.78 Å². The molecule has 8 heteroatoms. The molecule has 0 amide bonds. The highest BCUT2D eigenvalue weighted by Gasteiger charge is 2.15. The van der Waals surface area contributed by atoms with E-state index in [1.54, 1.807) is 6.20 Å². The second-order valence-corrected chi connectivity index (χ2v) is 7.05. The van der Waals surface area contributed by atoms with Crippen LogP contribution in [0.4, 0.5) is 0 Å². The second-order valence-electron chi connectivity index (χ2n) is 3.63. The Hall–Kier alpha value is -0.990. The molecule has 17 heavy (non-hydrogen) atoms. The van der Waals surface area contributed by atoms with Gasteiger partial charge in [-0.1, -0.05) is 0 Å². The second kappa shape index (κ2) is 6.08. The number of aromatic nitrogens is 1. The van der Waals surface area contributed by atoms with Crippen LogP contribution in [0.15, 0.2) is 11.6 Å². The van der Waals surface area contributed by atoms with E-state index in [2.05, 4.69) is 4.98 Å². The molecule has 1 aromatic heterocycles. The molecular formula is C9H15N3O3S2. The molecule has 0 aliphatic rings. The van der Waals surface area contributed by atoms with Crippen LogP contribution in [0.5, 0.6) is 0 Å². The average molecular weight is 277 g/mol. The summed E-state index contributed by atoms with van der Waals surface area (Å²) in [6, 6.07) is -1.04. The van der Waals surface area contributed by atoms with Crippen LogP contribution >= 0.6 is 11.3 Å². The summed E-state index contributed by atoms with van der Waals surface area (Å²) in [4.78, 5) is 14.5. The molecule has 0 saturated carbocycles. The fourth-order valence-electron chi connectivity index (χ4n) is 1.17. The molecule has 1 rings (SSSR count). The number of nitrogens with two attached hydrogens (primary N) is 1. The summed E-state index contributed by atoms with van der Waals surface area (Å²) in [5, 5.41) is 11.2. The lowest BCUT2D eigenvalue weighted by Gasteiger charge is -2.08. The van der Waals surface area contributed by atoms with Gasteiger partial charge in [-0.2, -0.15) is 0 Å². The third-order valence-electron chi connectivity index (χ3n) is 2.20. The molecule has 0 aliphatic carbocycles. The molecule has 0 fully saturated rings. The van der Waals surface area contributed by atoms with E-state index in [9.17, 15) is 9.00 Å². The molecule has 1 heterocycles. The van der Waals surface area contributed by atoms with Crippen molar-refractivity contribution in [2.75, 3.05) is 11.5 Å². The predicted molar refractivity (Wildman–Crippen MR) is 66.6 cm³/mol. The van der Waals surface area contributed by atoms with Crippen molar-refractivity contribution < 1.29 is 14.1 Å². The van der Waals surface area contributed by atoms with Crippen molar-refractivity contribution in [2.24, 2.45) is 5.73 Å². The van der Waals surface area contributed by atoms with Gasteiger partial charge >= 0.3 is 5.97 Å². The predicted octanol–water partition coefficient (Wildman–Crippen LogP) is 0.534. The van der Waals surface area contributed by atoms with Crippen molar-refractivity contribution in [2.45, 2.75) is 18.9 Å². The van der Waals surface area contributed by atoms with E-state index in [4.69, 9.17) is 15.6 Å². The summed E-state index contributed by atoms with van der Waals surface area (Å²) in [5.74, 6) is -0.904. The Morgan fingerprint density at radius 1 is 1.65 bits per heavy atom. The van der Waals surface area contributed by atoms with Crippen molar-refractivity contribution in [1.82, 2.24) is 4.98 Å². The minimum Gasteiger partial charge on any atom is -0.480 e. The highest BCUT2D eigenvalue weighted by molar-refractivity contribution is 7.92. The maximum atomic E-state index is 11.8. The Morgan fingerprint density at radius 2 is 2.35 bits per heavy atom. The first-order valence-electron chi connectivity index (χ1n) is 5.01. The molecule has 4 N–H and O–H groups in total. The first kappa shape index (κ1) is 14.1. The summed E-state index contributed by atoms with van der Waals surface area (Å²) < 4.78 is 19.4. The molecule has 0 spiro atoms. The number of hydrogen-bond donors (Lipinski definition) is 3. The number of thiazole rings is 1. The number of carbonyl (C=O) groups is 1.